The minimum atomic E-state index is 0.242. The second-order valence-corrected chi connectivity index (χ2v) is 6.34. The molecule has 2 rings (SSSR count). The summed E-state index contributed by atoms with van der Waals surface area (Å²) < 4.78 is 0. The van der Waals surface area contributed by atoms with Crippen molar-refractivity contribution in [2.75, 3.05) is 13.1 Å². The summed E-state index contributed by atoms with van der Waals surface area (Å²) in [6.45, 7) is 8.86. The molecule has 18 heavy (non-hydrogen) atoms. The van der Waals surface area contributed by atoms with Crippen molar-refractivity contribution < 1.29 is 0 Å². The molecule has 100 valence electrons. The van der Waals surface area contributed by atoms with Gasteiger partial charge in [0.2, 0.25) is 0 Å². The van der Waals surface area contributed by atoms with Crippen molar-refractivity contribution in [3.8, 4) is 0 Å². The maximum absolute atomic E-state index is 3.65. The molecule has 0 bridgehead atoms. The van der Waals surface area contributed by atoms with Crippen LogP contribution in [-0.2, 0) is 0 Å². The largest absolute Gasteiger partial charge is 0.313 e. The highest BCUT2D eigenvalue weighted by molar-refractivity contribution is 5.27. The van der Waals surface area contributed by atoms with Gasteiger partial charge in [0.25, 0.3) is 0 Å². The first-order chi connectivity index (χ1) is 8.56. The van der Waals surface area contributed by atoms with Crippen molar-refractivity contribution in [1.82, 2.24) is 10.6 Å². The number of nitrogens with one attached hydrogen (secondary N) is 2. The monoisotopic (exact) mass is 246 g/mol. The van der Waals surface area contributed by atoms with E-state index in [0.717, 1.165) is 19.0 Å². The fourth-order valence-corrected chi connectivity index (χ4v) is 2.33. The average Bonchev–Trinajstić information content (AvgIpc) is 3.08. The molecule has 0 aliphatic heterocycles. The highest BCUT2D eigenvalue weighted by atomic mass is 15.0. The van der Waals surface area contributed by atoms with E-state index in [1.165, 1.54) is 18.4 Å². The highest BCUT2D eigenvalue weighted by Gasteiger charge is 2.37. The van der Waals surface area contributed by atoms with E-state index in [-0.39, 0.29) is 5.54 Å². The zero-order valence-electron chi connectivity index (χ0n) is 11.9. The second kappa shape index (κ2) is 5.85. The third kappa shape index (κ3) is 4.43. The van der Waals surface area contributed by atoms with Gasteiger partial charge in [-0.1, -0.05) is 30.3 Å². The molecule has 2 nitrogen and oxygen atoms in total. The summed E-state index contributed by atoms with van der Waals surface area (Å²) in [5, 5.41) is 7.17. The lowest BCUT2D eigenvalue weighted by Crippen LogP contribution is -2.37. The fraction of sp³-hybridized carbons (Fsp3) is 0.625. The van der Waals surface area contributed by atoms with Crippen molar-refractivity contribution in [3.05, 3.63) is 35.9 Å². The van der Waals surface area contributed by atoms with E-state index in [0.29, 0.717) is 6.04 Å². The standard InChI is InChI=1S/C16H26N2/c1-16(2,3)18-11-7-10-17-15-12-14(15)13-8-5-4-6-9-13/h4-6,8-9,14-15,17-18H,7,10-12H2,1-3H3/t14-,15?/m0/s1. The van der Waals surface area contributed by atoms with Gasteiger partial charge >= 0.3 is 0 Å². The molecule has 0 amide bonds. The predicted octanol–water partition coefficient (Wildman–Crippen LogP) is 2.91. The maximum atomic E-state index is 3.65. The van der Waals surface area contributed by atoms with Crippen LogP contribution >= 0.6 is 0 Å². The van der Waals surface area contributed by atoms with Crippen LogP contribution in [0.15, 0.2) is 30.3 Å². The average molecular weight is 246 g/mol. The summed E-state index contributed by atoms with van der Waals surface area (Å²) >= 11 is 0. The number of hydrogen-bond acceptors (Lipinski definition) is 2. The highest BCUT2D eigenvalue weighted by Crippen LogP contribution is 2.40. The van der Waals surface area contributed by atoms with Crippen molar-refractivity contribution in [3.63, 3.8) is 0 Å². The van der Waals surface area contributed by atoms with Crippen LogP contribution < -0.4 is 10.6 Å². The molecule has 1 fully saturated rings. The molecule has 2 atom stereocenters. The summed E-state index contributed by atoms with van der Waals surface area (Å²) in [6.07, 6.45) is 2.51. The lowest BCUT2D eigenvalue weighted by molar-refractivity contribution is 0.418. The van der Waals surface area contributed by atoms with Crippen LogP contribution in [0, 0.1) is 0 Å². The molecule has 0 spiro atoms. The molecular weight excluding hydrogens is 220 g/mol. The first-order valence-electron chi connectivity index (χ1n) is 7.09. The van der Waals surface area contributed by atoms with Gasteiger partial charge in [-0.25, -0.2) is 0 Å². The number of rotatable bonds is 6. The normalized spacial score (nSPS) is 23.1. The topological polar surface area (TPSA) is 24.1 Å². The quantitative estimate of drug-likeness (QED) is 0.754. The molecule has 1 unspecified atom stereocenters. The Morgan fingerprint density at radius 1 is 1.11 bits per heavy atom. The predicted molar refractivity (Wildman–Crippen MR) is 78.0 cm³/mol. The van der Waals surface area contributed by atoms with Crippen LogP contribution in [0.25, 0.3) is 0 Å². The summed E-state index contributed by atoms with van der Waals surface area (Å²) in [7, 11) is 0. The van der Waals surface area contributed by atoms with E-state index in [1.807, 2.05) is 0 Å². The van der Waals surface area contributed by atoms with Crippen molar-refractivity contribution in [2.24, 2.45) is 0 Å². The first-order valence-corrected chi connectivity index (χ1v) is 7.09. The Labute approximate surface area is 111 Å². The molecule has 1 aromatic carbocycles. The molecule has 2 heteroatoms. The molecule has 0 heterocycles. The Kier molecular flexibility index (Phi) is 4.41. The lowest BCUT2D eigenvalue weighted by atomic mass is 10.1. The fourth-order valence-electron chi connectivity index (χ4n) is 2.33. The van der Waals surface area contributed by atoms with Crippen LogP contribution in [-0.4, -0.2) is 24.7 Å². The number of hydrogen-bond donors (Lipinski definition) is 2. The summed E-state index contributed by atoms with van der Waals surface area (Å²) in [5.41, 5.74) is 1.73. The zero-order chi connectivity index (χ0) is 13.0. The van der Waals surface area contributed by atoms with E-state index < -0.39 is 0 Å². The van der Waals surface area contributed by atoms with Gasteiger partial charge in [0.15, 0.2) is 0 Å². The van der Waals surface area contributed by atoms with Gasteiger partial charge in [0.1, 0.15) is 0 Å². The van der Waals surface area contributed by atoms with Crippen LogP contribution in [0.1, 0.15) is 45.1 Å². The summed E-state index contributed by atoms with van der Waals surface area (Å²) in [4.78, 5) is 0. The molecule has 1 saturated carbocycles. The van der Waals surface area contributed by atoms with Gasteiger partial charge < -0.3 is 10.6 Å². The van der Waals surface area contributed by atoms with Crippen LogP contribution in [0.4, 0.5) is 0 Å². The third-order valence-electron chi connectivity index (χ3n) is 3.43. The lowest BCUT2D eigenvalue weighted by Gasteiger charge is -2.20. The summed E-state index contributed by atoms with van der Waals surface area (Å²) in [5.74, 6) is 0.752. The first kappa shape index (κ1) is 13.6. The minimum Gasteiger partial charge on any atom is -0.313 e. The van der Waals surface area contributed by atoms with Crippen LogP contribution in [0.2, 0.25) is 0 Å². The van der Waals surface area contributed by atoms with Gasteiger partial charge in [0.05, 0.1) is 0 Å². The molecule has 1 aliphatic carbocycles. The van der Waals surface area contributed by atoms with Gasteiger partial charge in [0, 0.05) is 17.5 Å². The minimum absolute atomic E-state index is 0.242. The van der Waals surface area contributed by atoms with Crippen molar-refractivity contribution in [2.45, 2.75) is 51.1 Å². The van der Waals surface area contributed by atoms with E-state index in [1.54, 1.807) is 0 Å². The Morgan fingerprint density at radius 3 is 2.50 bits per heavy atom. The van der Waals surface area contributed by atoms with E-state index in [9.17, 15) is 0 Å². The molecule has 0 aromatic heterocycles. The Balaban J connectivity index is 1.58. The Bertz CT molecular complexity index is 353. The third-order valence-corrected chi connectivity index (χ3v) is 3.43. The number of benzene rings is 1. The maximum Gasteiger partial charge on any atom is 0.0143 e. The zero-order valence-corrected chi connectivity index (χ0v) is 11.9. The molecule has 0 saturated heterocycles. The van der Waals surface area contributed by atoms with Gasteiger partial charge in [-0.2, -0.15) is 0 Å². The van der Waals surface area contributed by atoms with E-state index in [2.05, 4.69) is 61.7 Å². The van der Waals surface area contributed by atoms with Crippen LogP contribution in [0.3, 0.4) is 0 Å². The molecular formula is C16H26N2. The smallest absolute Gasteiger partial charge is 0.0143 e. The van der Waals surface area contributed by atoms with E-state index in [4.69, 9.17) is 0 Å². The Morgan fingerprint density at radius 2 is 1.83 bits per heavy atom. The molecule has 1 aromatic rings. The van der Waals surface area contributed by atoms with Crippen LogP contribution in [0.5, 0.6) is 0 Å². The van der Waals surface area contributed by atoms with Crippen molar-refractivity contribution in [1.29, 1.82) is 0 Å². The second-order valence-electron chi connectivity index (χ2n) is 6.34. The SMILES string of the molecule is CC(C)(C)NCCCNC1C[C@H]1c1ccccc1. The summed E-state index contributed by atoms with van der Waals surface area (Å²) in [6, 6.07) is 11.6. The van der Waals surface area contributed by atoms with Gasteiger partial charge in [-0.05, 0) is 52.3 Å². The van der Waals surface area contributed by atoms with Crippen molar-refractivity contribution >= 4 is 0 Å². The molecule has 2 N–H and O–H groups in total. The van der Waals surface area contributed by atoms with Gasteiger partial charge in [-0.15, -0.1) is 0 Å². The molecule has 1 aliphatic rings. The van der Waals surface area contributed by atoms with E-state index >= 15 is 0 Å². The Hall–Kier alpha value is -0.860. The molecule has 0 radical (unpaired) electrons. The van der Waals surface area contributed by atoms with Gasteiger partial charge in [-0.3, -0.25) is 0 Å².